The topological polar surface area (TPSA) is 29.1 Å². The molecule has 2 nitrogen and oxygen atoms in total. The van der Waals surface area contributed by atoms with Crippen molar-refractivity contribution in [3.63, 3.8) is 0 Å². The number of hydrogen-bond donors (Lipinski definition) is 1. The zero-order valence-electron chi connectivity index (χ0n) is 10.1. The minimum absolute atomic E-state index is 0.141. The lowest BCUT2D eigenvalue weighted by Crippen LogP contribution is -2.02. The molecule has 0 aliphatic carbocycles. The van der Waals surface area contributed by atoms with Crippen LogP contribution >= 0.6 is 0 Å². The van der Waals surface area contributed by atoms with Crippen molar-refractivity contribution >= 4 is 11.5 Å². The average Bonchev–Trinajstić information content (AvgIpc) is 2.37. The fourth-order valence-electron chi connectivity index (χ4n) is 1.69. The molecule has 3 heteroatoms. The van der Waals surface area contributed by atoms with Gasteiger partial charge < -0.3 is 5.32 Å². The maximum atomic E-state index is 13.3. The molecule has 1 N–H and O–H groups in total. The van der Waals surface area contributed by atoms with Crippen LogP contribution < -0.4 is 5.32 Å². The van der Waals surface area contributed by atoms with Crippen molar-refractivity contribution in [1.82, 2.24) is 0 Å². The smallest absolute Gasteiger partial charge is 0.159 e. The molecule has 0 aromatic heterocycles. The van der Waals surface area contributed by atoms with Crippen molar-refractivity contribution < 1.29 is 9.18 Å². The monoisotopic (exact) mass is 243 g/mol. The average molecular weight is 243 g/mol. The molecule has 18 heavy (non-hydrogen) atoms. The normalized spacial score (nSPS) is 10.1. The maximum Gasteiger partial charge on any atom is 0.159 e. The Bertz CT molecular complexity index is 552. The molecule has 0 heterocycles. The molecule has 0 unspecified atom stereocenters. The molecule has 0 amide bonds. The number of carbonyl (C=O) groups is 1. The first-order chi connectivity index (χ1) is 8.65. The summed E-state index contributed by atoms with van der Waals surface area (Å²) in [6, 6.07) is 14.1. The fraction of sp³-hybridized carbons (Fsp3) is 0.133. The van der Waals surface area contributed by atoms with Crippen molar-refractivity contribution in [3.05, 3.63) is 65.5 Å². The lowest BCUT2D eigenvalue weighted by Gasteiger charge is -2.08. The van der Waals surface area contributed by atoms with Crippen LogP contribution in [0.25, 0.3) is 0 Å². The van der Waals surface area contributed by atoms with Crippen molar-refractivity contribution in [3.8, 4) is 0 Å². The highest BCUT2D eigenvalue weighted by molar-refractivity contribution is 5.94. The van der Waals surface area contributed by atoms with Gasteiger partial charge >= 0.3 is 0 Å². The highest BCUT2D eigenvalue weighted by Crippen LogP contribution is 2.15. The maximum absolute atomic E-state index is 13.3. The standard InChI is InChI=1S/C15H14FNO/c1-11(18)13-7-14(16)9-15(8-13)17-10-12-5-3-2-4-6-12/h2-9,17H,10H2,1H3. The van der Waals surface area contributed by atoms with Gasteiger partial charge in [-0.05, 0) is 30.7 Å². The van der Waals surface area contributed by atoms with Gasteiger partial charge in [-0.3, -0.25) is 4.79 Å². The Kier molecular flexibility index (Phi) is 3.72. The van der Waals surface area contributed by atoms with E-state index in [1.165, 1.54) is 19.1 Å². The number of halogens is 1. The second-order valence-corrected chi connectivity index (χ2v) is 4.12. The number of carbonyl (C=O) groups excluding carboxylic acids is 1. The van der Waals surface area contributed by atoms with E-state index in [2.05, 4.69) is 5.32 Å². The molecule has 0 radical (unpaired) electrons. The van der Waals surface area contributed by atoms with Gasteiger partial charge in [-0.15, -0.1) is 0 Å². The summed E-state index contributed by atoms with van der Waals surface area (Å²) in [5, 5.41) is 3.10. The SMILES string of the molecule is CC(=O)c1cc(F)cc(NCc2ccccc2)c1. The fourth-order valence-corrected chi connectivity index (χ4v) is 1.69. The van der Waals surface area contributed by atoms with Crippen molar-refractivity contribution in [1.29, 1.82) is 0 Å². The van der Waals surface area contributed by atoms with Gasteiger partial charge in [0, 0.05) is 17.8 Å². The summed E-state index contributed by atoms with van der Waals surface area (Å²) in [5.41, 5.74) is 2.10. The quantitative estimate of drug-likeness (QED) is 0.830. The molecule has 2 aromatic carbocycles. The Morgan fingerprint density at radius 2 is 1.89 bits per heavy atom. The Labute approximate surface area is 105 Å². The molecule has 0 aliphatic heterocycles. The van der Waals surface area contributed by atoms with Gasteiger partial charge in [0.25, 0.3) is 0 Å². The van der Waals surface area contributed by atoms with Gasteiger partial charge in [0.1, 0.15) is 5.82 Å². The predicted octanol–water partition coefficient (Wildman–Crippen LogP) is 3.64. The third kappa shape index (κ3) is 3.17. The molecular weight excluding hydrogens is 229 g/mol. The molecule has 2 aromatic rings. The van der Waals surface area contributed by atoms with Crippen LogP contribution in [-0.4, -0.2) is 5.78 Å². The molecule has 0 atom stereocenters. The number of nitrogens with one attached hydrogen (secondary N) is 1. The summed E-state index contributed by atoms with van der Waals surface area (Å²) in [6.07, 6.45) is 0. The number of Topliss-reactive ketones (excluding diaryl/α,β-unsaturated/α-hetero) is 1. The van der Waals surface area contributed by atoms with Crippen molar-refractivity contribution in [2.24, 2.45) is 0 Å². The lowest BCUT2D eigenvalue weighted by molar-refractivity contribution is 0.101. The van der Waals surface area contributed by atoms with E-state index in [4.69, 9.17) is 0 Å². The van der Waals surface area contributed by atoms with E-state index in [0.717, 1.165) is 5.56 Å². The van der Waals surface area contributed by atoms with E-state index < -0.39 is 5.82 Å². The third-order valence-electron chi connectivity index (χ3n) is 2.64. The zero-order valence-corrected chi connectivity index (χ0v) is 10.1. The Hall–Kier alpha value is -2.16. The second-order valence-electron chi connectivity index (χ2n) is 4.12. The van der Waals surface area contributed by atoms with Crippen LogP contribution in [0.5, 0.6) is 0 Å². The molecule has 0 bridgehead atoms. The zero-order chi connectivity index (χ0) is 13.0. The minimum atomic E-state index is -0.404. The van der Waals surface area contributed by atoms with Crippen LogP contribution in [0.2, 0.25) is 0 Å². The third-order valence-corrected chi connectivity index (χ3v) is 2.64. The van der Waals surface area contributed by atoms with Crippen LogP contribution in [0.4, 0.5) is 10.1 Å². The number of rotatable bonds is 4. The first-order valence-electron chi connectivity index (χ1n) is 5.74. The summed E-state index contributed by atoms with van der Waals surface area (Å²) in [7, 11) is 0. The van der Waals surface area contributed by atoms with Gasteiger partial charge in [0.15, 0.2) is 5.78 Å². The van der Waals surface area contributed by atoms with Gasteiger partial charge in [-0.2, -0.15) is 0 Å². The Morgan fingerprint density at radius 3 is 2.56 bits per heavy atom. The van der Waals surface area contributed by atoms with E-state index in [1.54, 1.807) is 6.07 Å². The molecule has 0 saturated heterocycles. The van der Waals surface area contributed by atoms with Gasteiger partial charge in [-0.25, -0.2) is 4.39 Å². The first-order valence-corrected chi connectivity index (χ1v) is 5.74. The first kappa shape index (κ1) is 12.3. The summed E-state index contributed by atoms with van der Waals surface area (Å²) in [5.74, 6) is -0.546. The molecule has 92 valence electrons. The van der Waals surface area contributed by atoms with E-state index in [-0.39, 0.29) is 5.78 Å². The molecule has 2 rings (SSSR count). The molecule has 0 fully saturated rings. The van der Waals surface area contributed by atoms with Crippen LogP contribution in [0.1, 0.15) is 22.8 Å². The Balaban J connectivity index is 2.12. The largest absolute Gasteiger partial charge is 0.381 e. The molecule has 0 saturated carbocycles. The summed E-state index contributed by atoms with van der Waals surface area (Å²) < 4.78 is 13.3. The highest BCUT2D eigenvalue weighted by atomic mass is 19.1. The van der Waals surface area contributed by atoms with Gasteiger partial charge in [-0.1, -0.05) is 30.3 Å². The highest BCUT2D eigenvalue weighted by Gasteiger charge is 2.04. The number of ketones is 1. The second kappa shape index (κ2) is 5.45. The van der Waals surface area contributed by atoms with Crippen molar-refractivity contribution in [2.75, 3.05) is 5.32 Å². The predicted molar refractivity (Wildman–Crippen MR) is 70.2 cm³/mol. The van der Waals surface area contributed by atoms with E-state index in [1.807, 2.05) is 30.3 Å². The summed E-state index contributed by atoms with van der Waals surface area (Å²) in [4.78, 5) is 11.2. The summed E-state index contributed by atoms with van der Waals surface area (Å²) >= 11 is 0. The number of anilines is 1. The van der Waals surface area contributed by atoms with Crippen molar-refractivity contribution in [2.45, 2.75) is 13.5 Å². The minimum Gasteiger partial charge on any atom is -0.381 e. The number of hydrogen-bond acceptors (Lipinski definition) is 2. The van der Waals surface area contributed by atoms with Crippen LogP contribution in [-0.2, 0) is 6.54 Å². The summed E-state index contributed by atoms with van der Waals surface area (Å²) in [6.45, 7) is 2.03. The molecule has 0 spiro atoms. The number of benzene rings is 2. The van der Waals surface area contributed by atoms with Crippen LogP contribution in [0.15, 0.2) is 48.5 Å². The van der Waals surface area contributed by atoms with Gasteiger partial charge in [0.2, 0.25) is 0 Å². The molecule has 0 aliphatic rings. The Morgan fingerprint density at radius 1 is 1.17 bits per heavy atom. The van der Waals surface area contributed by atoms with E-state index in [0.29, 0.717) is 17.8 Å². The van der Waals surface area contributed by atoms with E-state index >= 15 is 0 Å². The molecular formula is C15H14FNO. The lowest BCUT2D eigenvalue weighted by atomic mass is 10.1. The van der Waals surface area contributed by atoms with Crippen LogP contribution in [0, 0.1) is 5.82 Å². The van der Waals surface area contributed by atoms with Crippen LogP contribution in [0.3, 0.4) is 0 Å². The van der Waals surface area contributed by atoms with Gasteiger partial charge in [0.05, 0.1) is 0 Å². The van der Waals surface area contributed by atoms with E-state index in [9.17, 15) is 9.18 Å².